The van der Waals surface area contributed by atoms with Crippen LogP contribution in [0.4, 0.5) is 0 Å². The molecule has 0 radical (unpaired) electrons. The first kappa shape index (κ1) is 81.2. The molecule has 0 aliphatic heterocycles. The second kappa shape index (κ2) is 34.7. The monoisotopic (exact) mass is 1630 g/mol. The van der Waals surface area contributed by atoms with Crippen LogP contribution in [0.25, 0.3) is 180 Å². The van der Waals surface area contributed by atoms with Crippen molar-refractivity contribution in [3.63, 3.8) is 0 Å². The van der Waals surface area contributed by atoms with E-state index in [4.69, 9.17) is 0 Å². The number of fused-ring (bicyclic) bond motifs is 24. The normalized spacial score (nSPS) is 11.8. The Morgan fingerprint density at radius 2 is 0.476 bits per heavy atom. The highest BCUT2D eigenvalue weighted by Gasteiger charge is 2.22. The predicted molar refractivity (Wildman–Crippen MR) is 547 cm³/mol. The highest BCUT2D eigenvalue weighted by molar-refractivity contribution is 6.26. The summed E-state index contributed by atoms with van der Waals surface area (Å²) in [6.07, 6.45) is 0. The van der Waals surface area contributed by atoms with Gasteiger partial charge in [-0.05, 0) is 206 Å². The summed E-state index contributed by atoms with van der Waals surface area (Å²) in [5, 5.41) is 24.1. The molecule has 0 unspecified atom stereocenters. The van der Waals surface area contributed by atoms with Crippen LogP contribution in [0.5, 0.6) is 0 Å². The van der Waals surface area contributed by atoms with E-state index in [1.54, 1.807) is 0 Å². The summed E-state index contributed by atoms with van der Waals surface area (Å²) in [5.41, 5.74) is 23.6. The Labute approximate surface area is 738 Å². The minimum Gasteiger partial charge on any atom is -0.338 e. The number of rotatable bonds is 9. The van der Waals surface area contributed by atoms with Gasteiger partial charge in [-0.1, -0.05) is 339 Å². The van der Waals surface area contributed by atoms with Crippen molar-refractivity contribution in [2.75, 3.05) is 0 Å². The lowest BCUT2D eigenvalue weighted by Gasteiger charge is -2.13. The Bertz CT molecular complexity index is 8020. The SMILES string of the molecule is CC(C)c1ccc2c(c1)c1ccccc1n2-c1ccccc1.CC(C)c1ccc2c3ccccc3n(-c3ccccc3)c2c1.CC(C)c1cccc2c3ccccc3n(-c3ccccc3)c12.CC(C)n1c2ccc3ccccc3c2c2ccc3ccccc3c21.CC(C)n1c2ccccc2c2c3ccccc3ccc21.CC(C)n1c2ccccc2c2ccccc21. The Morgan fingerprint density at radius 3 is 0.968 bits per heavy atom. The second-order valence-electron chi connectivity index (χ2n) is 35.3. The number of hydrogen-bond donors (Lipinski definition) is 0. The maximum absolute atomic E-state index is 2.50. The van der Waals surface area contributed by atoms with Crippen molar-refractivity contribution in [1.82, 2.24) is 27.4 Å². The van der Waals surface area contributed by atoms with Crippen molar-refractivity contribution in [3.8, 4) is 17.1 Å². The predicted octanol–water partition coefficient (Wildman–Crippen LogP) is 34.3. The average molecular weight is 1630 g/mol. The smallest absolute Gasteiger partial charge is 0.0575 e. The van der Waals surface area contributed by atoms with Crippen LogP contribution in [0.15, 0.2) is 400 Å². The van der Waals surface area contributed by atoms with E-state index in [1.807, 2.05) is 0 Å². The van der Waals surface area contributed by atoms with E-state index in [2.05, 4.69) is 511 Å². The lowest BCUT2D eigenvalue weighted by atomic mass is 10.00. The van der Waals surface area contributed by atoms with Crippen LogP contribution in [0.3, 0.4) is 0 Å². The molecule has 0 saturated carbocycles. The van der Waals surface area contributed by atoms with E-state index in [1.165, 1.54) is 197 Å². The van der Waals surface area contributed by atoms with Gasteiger partial charge in [0, 0.05) is 133 Å². The topological polar surface area (TPSA) is 29.6 Å². The van der Waals surface area contributed by atoms with Crippen molar-refractivity contribution in [2.24, 2.45) is 0 Å². The third-order valence-corrected chi connectivity index (χ3v) is 25.5. The van der Waals surface area contributed by atoms with Gasteiger partial charge in [0.25, 0.3) is 0 Å². The minimum absolute atomic E-state index is 0.414. The number of aromatic nitrogens is 6. The third kappa shape index (κ3) is 14.8. The van der Waals surface area contributed by atoms with E-state index >= 15 is 0 Å². The summed E-state index contributed by atoms with van der Waals surface area (Å²) < 4.78 is 14.5. The standard InChI is InChI=1S/C23H19N.3C21H19N.C19H17N.C15H15N/c1-15(2)24-21-14-12-16-7-3-5-9-18(16)22(21)20-13-11-17-8-4-6-10-19(17)23(20)24;1-15(2)17-12-8-13-19-18-11-6-7-14-20(18)22(21(17)19)16-9-4-3-5-10-16;1-15(2)16-12-13-21-19(14-16)18-10-6-7-11-20(18)22(21)17-8-4-3-5-9-17;1-15(2)16-12-13-19-18-10-6-7-11-20(18)22(21(19)14-16)17-8-4-3-5-9-17;1-13(2)20-17-10-6-5-9-16(17)19-15-8-4-3-7-14(15)11-12-18(19)20;1-11(2)16-14-9-5-3-7-12(14)13-8-4-6-10-15(13)16/h3-15H,1-2H3;3*3-15H,1-2H3;3-13H,1-2H3;3-11H,1-2H3. The van der Waals surface area contributed by atoms with Crippen LogP contribution in [-0.4, -0.2) is 27.4 Å². The van der Waals surface area contributed by atoms with Crippen LogP contribution < -0.4 is 0 Å². The maximum atomic E-state index is 2.50. The van der Waals surface area contributed by atoms with Gasteiger partial charge in [0.1, 0.15) is 0 Å². The van der Waals surface area contributed by atoms with Crippen LogP contribution in [-0.2, 0) is 0 Å². The number of hydrogen-bond acceptors (Lipinski definition) is 0. The largest absolute Gasteiger partial charge is 0.338 e. The molecular weight excluding hydrogens is 1530 g/mol. The molecule has 126 heavy (non-hydrogen) atoms. The third-order valence-electron chi connectivity index (χ3n) is 25.5. The molecule has 0 bridgehead atoms. The molecule has 0 aliphatic carbocycles. The molecule has 24 rings (SSSR count). The fraction of sp³-hybridized carbons (Fsp3) is 0.150. The fourth-order valence-electron chi connectivity index (χ4n) is 19.7. The molecule has 24 aromatic rings. The summed E-state index contributed by atoms with van der Waals surface area (Å²) in [4.78, 5) is 0. The molecule has 0 saturated heterocycles. The molecule has 6 heterocycles. The van der Waals surface area contributed by atoms with Crippen molar-refractivity contribution < 1.29 is 0 Å². The summed E-state index contributed by atoms with van der Waals surface area (Å²) in [5.74, 6) is 1.57. The molecule has 0 aliphatic rings. The molecule has 0 atom stereocenters. The van der Waals surface area contributed by atoms with Crippen molar-refractivity contribution >= 4 is 163 Å². The molecule has 0 spiro atoms. The van der Waals surface area contributed by atoms with E-state index in [0.717, 1.165) is 0 Å². The molecule has 0 N–H and O–H groups in total. The zero-order valence-corrected chi connectivity index (χ0v) is 74.3. The Morgan fingerprint density at radius 1 is 0.167 bits per heavy atom. The molecular formula is C120H108N6. The molecule has 18 aromatic carbocycles. The highest BCUT2D eigenvalue weighted by Crippen LogP contribution is 2.44. The maximum Gasteiger partial charge on any atom is 0.0575 e. The van der Waals surface area contributed by atoms with Gasteiger partial charge in [-0.25, -0.2) is 0 Å². The number of para-hydroxylation sites is 10. The zero-order chi connectivity index (χ0) is 86.4. The Hall–Kier alpha value is -14.5. The van der Waals surface area contributed by atoms with Gasteiger partial charge in [-0.3, -0.25) is 0 Å². The molecule has 618 valence electrons. The van der Waals surface area contributed by atoms with Crippen molar-refractivity contribution in [1.29, 1.82) is 0 Å². The van der Waals surface area contributed by atoms with Crippen LogP contribution in [0.2, 0.25) is 0 Å². The number of nitrogens with zero attached hydrogens (tertiary/aromatic N) is 6. The minimum atomic E-state index is 0.414. The van der Waals surface area contributed by atoms with E-state index < -0.39 is 0 Å². The van der Waals surface area contributed by atoms with E-state index in [9.17, 15) is 0 Å². The molecule has 6 heteroatoms. The second-order valence-corrected chi connectivity index (χ2v) is 35.3. The summed E-state index contributed by atoms with van der Waals surface area (Å²) in [6.45, 7) is 27.0. The lowest BCUT2D eigenvalue weighted by molar-refractivity contribution is 0.642. The first-order valence-corrected chi connectivity index (χ1v) is 45.1. The van der Waals surface area contributed by atoms with Crippen molar-refractivity contribution in [3.05, 3.63) is 417 Å². The quantitative estimate of drug-likeness (QED) is 0.138. The summed E-state index contributed by atoms with van der Waals surface area (Å²) in [7, 11) is 0. The Balaban J connectivity index is 0.0000000991. The molecule has 6 nitrogen and oxygen atoms in total. The van der Waals surface area contributed by atoms with Gasteiger partial charge in [-0.2, -0.15) is 0 Å². The van der Waals surface area contributed by atoms with Crippen LogP contribution >= 0.6 is 0 Å². The van der Waals surface area contributed by atoms with Crippen LogP contribution in [0, 0.1) is 0 Å². The Kier molecular flexibility index (Phi) is 22.4. The van der Waals surface area contributed by atoms with Crippen LogP contribution in [0.1, 0.15) is 136 Å². The van der Waals surface area contributed by atoms with Gasteiger partial charge >= 0.3 is 0 Å². The van der Waals surface area contributed by atoms with Crippen molar-refractivity contribution in [2.45, 2.75) is 119 Å². The van der Waals surface area contributed by atoms with Gasteiger partial charge in [0.2, 0.25) is 0 Å². The first-order chi connectivity index (χ1) is 61.6. The van der Waals surface area contributed by atoms with Gasteiger partial charge in [0.15, 0.2) is 0 Å². The zero-order valence-electron chi connectivity index (χ0n) is 74.3. The highest BCUT2D eigenvalue weighted by atomic mass is 15.0. The number of benzene rings is 18. The van der Waals surface area contributed by atoms with Gasteiger partial charge < -0.3 is 27.4 Å². The van der Waals surface area contributed by atoms with E-state index in [-0.39, 0.29) is 0 Å². The summed E-state index contributed by atoms with van der Waals surface area (Å²) in [6, 6.07) is 145. The first-order valence-electron chi connectivity index (χ1n) is 45.1. The lowest BCUT2D eigenvalue weighted by Crippen LogP contribution is -2.00. The fourth-order valence-corrected chi connectivity index (χ4v) is 19.7. The van der Waals surface area contributed by atoms with Gasteiger partial charge in [0.05, 0.1) is 38.6 Å². The summed E-state index contributed by atoms with van der Waals surface area (Å²) >= 11 is 0. The molecule has 0 fully saturated rings. The molecule has 6 aromatic heterocycles. The molecule has 0 amide bonds. The van der Waals surface area contributed by atoms with Gasteiger partial charge in [-0.15, -0.1) is 0 Å². The average Bonchev–Trinajstić information content (AvgIpc) is 1.57. The van der Waals surface area contributed by atoms with E-state index in [0.29, 0.717) is 35.9 Å².